The van der Waals surface area contributed by atoms with Gasteiger partial charge in [-0.05, 0) is 6.92 Å². The van der Waals surface area contributed by atoms with Gasteiger partial charge in [-0.3, -0.25) is 5.32 Å². The van der Waals surface area contributed by atoms with Crippen LogP contribution in [0.5, 0.6) is 0 Å². The first kappa shape index (κ1) is 10.8. The van der Waals surface area contributed by atoms with Crippen LogP contribution in [0.25, 0.3) is 0 Å². The maximum absolute atomic E-state index is 8.33. The Kier molecular flexibility index (Phi) is 5.35. The summed E-state index contributed by atoms with van der Waals surface area (Å²) >= 11 is 0. The first-order chi connectivity index (χ1) is 5.06. The van der Waals surface area contributed by atoms with Crippen molar-refractivity contribution >= 4 is 0 Å². The molecule has 11 heavy (non-hydrogen) atoms. The second kappa shape index (κ2) is 5.45. The lowest BCUT2D eigenvalue weighted by atomic mass is 10.4. The Morgan fingerprint density at radius 3 is 2.55 bits per heavy atom. The van der Waals surface area contributed by atoms with Gasteiger partial charge in [0.1, 0.15) is 5.79 Å². The minimum atomic E-state index is -0.845. The lowest BCUT2D eigenvalue weighted by Gasteiger charge is -2.20. The molecular formula is C6H17N3O2. The molecule has 0 aliphatic heterocycles. The number of hydrogen-bond acceptors (Lipinski definition) is 5. The molecular weight excluding hydrogens is 146 g/mol. The number of aliphatic hydroxyl groups excluding tert-OH is 1. The van der Waals surface area contributed by atoms with E-state index in [1.54, 1.807) is 6.92 Å². The van der Waals surface area contributed by atoms with E-state index < -0.39 is 5.79 Å². The molecule has 0 aromatic rings. The third kappa shape index (κ3) is 9.80. The van der Waals surface area contributed by atoms with Crippen molar-refractivity contribution in [1.82, 2.24) is 5.32 Å². The van der Waals surface area contributed by atoms with Crippen LogP contribution in [-0.4, -0.2) is 37.3 Å². The Labute approximate surface area is 66.7 Å². The molecule has 0 rings (SSSR count). The van der Waals surface area contributed by atoms with Gasteiger partial charge in [-0.25, -0.2) is 0 Å². The Hall–Kier alpha value is -0.200. The van der Waals surface area contributed by atoms with Crippen molar-refractivity contribution in [3.8, 4) is 0 Å². The minimum absolute atomic E-state index is 0.0442. The van der Waals surface area contributed by atoms with Crippen LogP contribution in [0.1, 0.15) is 6.92 Å². The molecule has 0 aliphatic rings. The van der Waals surface area contributed by atoms with Crippen molar-refractivity contribution in [3.63, 3.8) is 0 Å². The number of rotatable bonds is 6. The highest BCUT2D eigenvalue weighted by Gasteiger charge is 2.07. The summed E-state index contributed by atoms with van der Waals surface area (Å²) in [5.41, 5.74) is 10.8. The van der Waals surface area contributed by atoms with E-state index in [-0.39, 0.29) is 6.61 Å². The fourth-order valence-corrected chi connectivity index (χ4v) is 0.559. The third-order valence-corrected chi connectivity index (χ3v) is 0.988. The maximum atomic E-state index is 8.33. The predicted molar refractivity (Wildman–Crippen MR) is 42.7 cm³/mol. The molecule has 0 atom stereocenters. The van der Waals surface area contributed by atoms with Crippen LogP contribution in [0.4, 0.5) is 0 Å². The molecule has 0 aromatic carbocycles. The van der Waals surface area contributed by atoms with E-state index in [1.165, 1.54) is 0 Å². The van der Waals surface area contributed by atoms with Crippen LogP contribution < -0.4 is 16.8 Å². The molecule has 0 radical (unpaired) electrons. The highest BCUT2D eigenvalue weighted by Crippen LogP contribution is 1.78. The van der Waals surface area contributed by atoms with E-state index in [1.807, 2.05) is 0 Å². The van der Waals surface area contributed by atoms with Crippen molar-refractivity contribution in [2.24, 2.45) is 11.5 Å². The van der Waals surface area contributed by atoms with Crippen molar-refractivity contribution < 1.29 is 9.84 Å². The van der Waals surface area contributed by atoms with E-state index in [0.717, 1.165) is 0 Å². The van der Waals surface area contributed by atoms with Crippen LogP contribution in [0.15, 0.2) is 0 Å². The fourth-order valence-electron chi connectivity index (χ4n) is 0.559. The average Bonchev–Trinajstić information content (AvgIpc) is 1.85. The molecule has 0 fully saturated rings. The molecule has 0 saturated heterocycles. The standard InChI is InChI=1S/C6H17N3O2/c1-6(7,8)9-2-4-11-5-3-10/h9-10H,2-5,7-8H2,1H3. The quantitative estimate of drug-likeness (QED) is 0.273. The van der Waals surface area contributed by atoms with Crippen LogP contribution in [-0.2, 0) is 4.74 Å². The molecule has 68 valence electrons. The summed E-state index contributed by atoms with van der Waals surface area (Å²) < 4.78 is 4.95. The molecule has 5 nitrogen and oxygen atoms in total. The van der Waals surface area contributed by atoms with Crippen LogP contribution >= 0.6 is 0 Å². The molecule has 0 aliphatic carbocycles. The van der Waals surface area contributed by atoms with E-state index >= 15 is 0 Å². The van der Waals surface area contributed by atoms with Crippen LogP contribution in [0.3, 0.4) is 0 Å². The molecule has 0 bridgehead atoms. The molecule has 0 saturated carbocycles. The van der Waals surface area contributed by atoms with Crippen molar-refractivity contribution in [2.45, 2.75) is 12.7 Å². The Morgan fingerprint density at radius 2 is 2.09 bits per heavy atom. The summed E-state index contributed by atoms with van der Waals surface area (Å²) in [5, 5.41) is 11.2. The molecule has 0 aromatic heterocycles. The zero-order chi connectivity index (χ0) is 8.74. The monoisotopic (exact) mass is 163 g/mol. The smallest absolute Gasteiger partial charge is 0.115 e. The molecule has 6 N–H and O–H groups in total. The van der Waals surface area contributed by atoms with Gasteiger partial charge in [-0.15, -0.1) is 0 Å². The van der Waals surface area contributed by atoms with Crippen molar-refractivity contribution in [2.75, 3.05) is 26.4 Å². The second-order valence-electron chi connectivity index (χ2n) is 2.55. The summed E-state index contributed by atoms with van der Waals surface area (Å²) in [5.74, 6) is -0.845. The van der Waals surface area contributed by atoms with E-state index in [2.05, 4.69) is 5.32 Å². The SMILES string of the molecule is CC(N)(N)NCCOCCO. The van der Waals surface area contributed by atoms with Crippen molar-refractivity contribution in [3.05, 3.63) is 0 Å². The number of nitrogens with two attached hydrogens (primary N) is 2. The lowest BCUT2D eigenvalue weighted by Crippen LogP contribution is -2.59. The van der Waals surface area contributed by atoms with Gasteiger partial charge < -0.3 is 21.3 Å². The van der Waals surface area contributed by atoms with Crippen LogP contribution in [0.2, 0.25) is 0 Å². The van der Waals surface area contributed by atoms with Crippen LogP contribution in [0, 0.1) is 0 Å². The zero-order valence-electron chi connectivity index (χ0n) is 6.84. The fraction of sp³-hybridized carbons (Fsp3) is 1.00. The number of aliphatic hydroxyl groups is 1. The van der Waals surface area contributed by atoms with Gasteiger partial charge in [0.05, 0.1) is 19.8 Å². The van der Waals surface area contributed by atoms with Gasteiger partial charge in [-0.1, -0.05) is 0 Å². The van der Waals surface area contributed by atoms with Gasteiger partial charge in [0, 0.05) is 6.54 Å². The van der Waals surface area contributed by atoms with Gasteiger partial charge in [0.2, 0.25) is 0 Å². The summed E-state index contributed by atoms with van der Waals surface area (Å²) in [7, 11) is 0. The van der Waals surface area contributed by atoms with Crippen molar-refractivity contribution in [1.29, 1.82) is 0 Å². The lowest BCUT2D eigenvalue weighted by molar-refractivity contribution is 0.0902. The molecule has 0 unspecified atom stereocenters. The zero-order valence-corrected chi connectivity index (χ0v) is 6.84. The summed E-state index contributed by atoms with van der Waals surface area (Å²) in [6.45, 7) is 3.16. The largest absolute Gasteiger partial charge is 0.394 e. The minimum Gasteiger partial charge on any atom is -0.394 e. The first-order valence-electron chi connectivity index (χ1n) is 3.57. The van der Waals surface area contributed by atoms with Gasteiger partial charge >= 0.3 is 0 Å². The first-order valence-corrected chi connectivity index (χ1v) is 3.57. The number of hydrogen-bond donors (Lipinski definition) is 4. The van der Waals surface area contributed by atoms with Gasteiger partial charge in [-0.2, -0.15) is 0 Å². The highest BCUT2D eigenvalue weighted by atomic mass is 16.5. The highest BCUT2D eigenvalue weighted by molar-refractivity contribution is 4.65. The average molecular weight is 163 g/mol. The second-order valence-corrected chi connectivity index (χ2v) is 2.55. The van der Waals surface area contributed by atoms with Gasteiger partial charge in [0.15, 0.2) is 0 Å². The summed E-state index contributed by atoms with van der Waals surface area (Å²) in [4.78, 5) is 0. The Morgan fingerprint density at radius 1 is 1.45 bits per heavy atom. The molecule has 5 heteroatoms. The molecule has 0 amide bonds. The number of ether oxygens (including phenoxy) is 1. The number of nitrogens with one attached hydrogen (secondary N) is 1. The summed E-state index contributed by atoms with van der Waals surface area (Å²) in [6, 6.07) is 0. The molecule has 0 heterocycles. The Bertz CT molecular complexity index is 92.3. The summed E-state index contributed by atoms with van der Waals surface area (Å²) in [6.07, 6.45) is 0. The molecule has 0 spiro atoms. The Balaban J connectivity index is 3.02. The maximum Gasteiger partial charge on any atom is 0.115 e. The predicted octanol–water partition coefficient (Wildman–Crippen LogP) is -1.82. The van der Waals surface area contributed by atoms with E-state index in [4.69, 9.17) is 21.3 Å². The topological polar surface area (TPSA) is 93.5 Å². The van der Waals surface area contributed by atoms with Gasteiger partial charge in [0.25, 0.3) is 0 Å². The van der Waals surface area contributed by atoms with E-state index in [0.29, 0.717) is 19.8 Å². The third-order valence-electron chi connectivity index (χ3n) is 0.988. The normalized spacial score (nSPS) is 12.0. The van der Waals surface area contributed by atoms with E-state index in [9.17, 15) is 0 Å².